The molecule has 1 fully saturated rings. The van der Waals surface area contributed by atoms with Gasteiger partial charge in [-0.05, 0) is 12.8 Å². The van der Waals surface area contributed by atoms with E-state index in [0.29, 0.717) is 12.0 Å². The Bertz CT molecular complexity index is 744. The van der Waals surface area contributed by atoms with E-state index in [2.05, 4.69) is 11.7 Å². The number of ketones is 1. The molecule has 9 nitrogen and oxygen atoms in total. The fraction of sp³-hybridized carbons (Fsp3) is 0.739. The van der Waals surface area contributed by atoms with E-state index in [-0.39, 0.29) is 6.42 Å². The van der Waals surface area contributed by atoms with E-state index in [0.717, 1.165) is 40.6 Å². The van der Waals surface area contributed by atoms with Gasteiger partial charge in [0.05, 0.1) is 34.0 Å². The van der Waals surface area contributed by atoms with Gasteiger partial charge in [0.1, 0.15) is 5.92 Å². The molecule has 1 spiro atoms. The first kappa shape index (κ1) is 25.8. The average molecular weight is 455 g/mol. The third-order valence-corrected chi connectivity index (χ3v) is 6.11. The highest BCUT2D eigenvalue weighted by molar-refractivity contribution is 6.04. The number of Topliss-reactive ketones (excluding diaryl/α,β-unsaturated/α-hetero) is 1. The molecule has 0 N–H and O–H groups in total. The van der Waals surface area contributed by atoms with Crippen molar-refractivity contribution >= 4 is 23.7 Å². The predicted molar refractivity (Wildman–Crippen MR) is 112 cm³/mol. The molecule has 0 aliphatic carbocycles. The lowest BCUT2D eigenvalue weighted by Crippen LogP contribution is -2.51. The van der Waals surface area contributed by atoms with E-state index in [9.17, 15) is 19.2 Å². The van der Waals surface area contributed by atoms with Crippen molar-refractivity contribution in [2.45, 2.75) is 82.5 Å². The fourth-order valence-electron chi connectivity index (χ4n) is 4.31. The number of unbranched alkanes of at least 4 members (excludes halogenated alkanes) is 6. The molecule has 0 radical (unpaired) electrons. The molecule has 1 saturated heterocycles. The Labute approximate surface area is 188 Å². The minimum absolute atomic E-state index is 0.276. The molecule has 0 aromatic carbocycles. The van der Waals surface area contributed by atoms with Crippen LogP contribution in [0, 0.1) is 5.92 Å². The molecule has 0 bridgehead atoms. The summed E-state index contributed by atoms with van der Waals surface area (Å²) >= 11 is 0. The lowest BCUT2D eigenvalue weighted by atomic mass is 9.82. The van der Waals surface area contributed by atoms with Crippen LogP contribution in [0.1, 0.15) is 71.1 Å². The maximum atomic E-state index is 13.2. The summed E-state index contributed by atoms with van der Waals surface area (Å²) in [6.07, 6.45) is 8.63. The predicted octanol–water partition coefficient (Wildman–Crippen LogP) is 2.99. The molecule has 0 aromatic rings. The Hall–Kier alpha value is -2.42. The molecule has 2 aliphatic rings. The van der Waals surface area contributed by atoms with E-state index in [1.165, 1.54) is 31.9 Å². The minimum Gasteiger partial charge on any atom is -0.469 e. The summed E-state index contributed by atoms with van der Waals surface area (Å²) in [6, 6.07) is 0. The van der Waals surface area contributed by atoms with Crippen molar-refractivity contribution in [1.29, 1.82) is 0 Å². The Morgan fingerprint density at radius 1 is 1.00 bits per heavy atom. The van der Waals surface area contributed by atoms with Crippen LogP contribution in [0.25, 0.3) is 0 Å². The van der Waals surface area contributed by atoms with Gasteiger partial charge in [0.15, 0.2) is 5.60 Å². The lowest BCUT2D eigenvalue weighted by Gasteiger charge is -2.30. The van der Waals surface area contributed by atoms with Gasteiger partial charge >= 0.3 is 17.9 Å². The SMILES string of the molecule is CCCCCCCCCC1=CO[C@]2(C[C@H](C(=O)OC)[C@@](CC(=O)OC)(C(=O)OC)O2)C1=O. The van der Waals surface area contributed by atoms with Crippen LogP contribution in [0.5, 0.6) is 0 Å². The zero-order valence-corrected chi connectivity index (χ0v) is 19.4. The quantitative estimate of drug-likeness (QED) is 0.249. The van der Waals surface area contributed by atoms with Crippen molar-refractivity contribution in [2.24, 2.45) is 5.92 Å². The first-order valence-corrected chi connectivity index (χ1v) is 11.1. The van der Waals surface area contributed by atoms with E-state index in [4.69, 9.17) is 18.9 Å². The summed E-state index contributed by atoms with van der Waals surface area (Å²) in [4.78, 5) is 50.5. The number of rotatable bonds is 12. The van der Waals surface area contributed by atoms with Crippen LogP contribution in [-0.2, 0) is 42.9 Å². The van der Waals surface area contributed by atoms with Gasteiger partial charge < -0.3 is 23.7 Å². The van der Waals surface area contributed by atoms with Crippen molar-refractivity contribution in [3.05, 3.63) is 11.8 Å². The Balaban J connectivity index is 2.14. The van der Waals surface area contributed by atoms with Crippen molar-refractivity contribution in [3.63, 3.8) is 0 Å². The van der Waals surface area contributed by atoms with Gasteiger partial charge in [-0.2, -0.15) is 0 Å². The van der Waals surface area contributed by atoms with Gasteiger partial charge in [-0.3, -0.25) is 14.4 Å². The summed E-state index contributed by atoms with van der Waals surface area (Å²) in [6.45, 7) is 2.17. The number of hydrogen-bond donors (Lipinski definition) is 0. The van der Waals surface area contributed by atoms with Crippen LogP contribution in [0.15, 0.2) is 11.8 Å². The monoisotopic (exact) mass is 454 g/mol. The Morgan fingerprint density at radius 2 is 1.66 bits per heavy atom. The molecular weight excluding hydrogens is 420 g/mol. The molecule has 32 heavy (non-hydrogen) atoms. The van der Waals surface area contributed by atoms with Crippen molar-refractivity contribution in [1.82, 2.24) is 0 Å². The summed E-state index contributed by atoms with van der Waals surface area (Å²) in [5.41, 5.74) is -1.66. The number of methoxy groups -OCH3 is 3. The van der Waals surface area contributed by atoms with Gasteiger partial charge in [0, 0.05) is 12.0 Å². The first-order valence-electron chi connectivity index (χ1n) is 11.1. The van der Waals surface area contributed by atoms with Crippen molar-refractivity contribution in [2.75, 3.05) is 21.3 Å². The molecule has 3 atom stereocenters. The molecule has 2 aliphatic heterocycles. The van der Waals surface area contributed by atoms with Crippen molar-refractivity contribution in [3.8, 4) is 0 Å². The van der Waals surface area contributed by atoms with Gasteiger partial charge in [-0.25, -0.2) is 4.79 Å². The molecule has 180 valence electrons. The van der Waals surface area contributed by atoms with Crippen LogP contribution in [-0.4, -0.2) is 56.4 Å². The van der Waals surface area contributed by atoms with Crippen LogP contribution < -0.4 is 0 Å². The van der Waals surface area contributed by atoms with Crippen LogP contribution in [0.4, 0.5) is 0 Å². The number of hydrogen-bond acceptors (Lipinski definition) is 9. The first-order chi connectivity index (χ1) is 15.3. The van der Waals surface area contributed by atoms with Gasteiger partial charge in [-0.15, -0.1) is 0 Å². The molecule has 2 rings (SSSR count). The standard InChI is InChI=1S/C23H34O9/c1-5-6-7-8-9-10-11-12-16-15-31-23(19(16)25)13-17(20(26)29-3)22(32-23,21(27)30-4)14-18(24)28-2/h15,17H,5-14H2,1-4H3/t17-,22+,23+/m1/s1. The largest absolute Gasteiger partial charge is 0.469 e. The highest BCUT2D eigenvalue weighted by Gasteiger charge is 2.69. The zero-order valence-electron chi connectivity index (χ0n) is 19.4. The second-order valence-electron chi connectivity index (χ2n) is 8.23. The summed E-state index contributed by atoms with van der Waals surface area (Å²) in [7, 11) is 3.39. The average Bonchev–Trinajstić information content (AvgIpc) is 3.29. The van der Waals surface area contributed by atoms with E-state index in [1.54, 1.807) is 0 Å². The molecule has 0 aromatic heterocycles. The molecule has 0 amide bonds. The normalized spacial score (nSPS) is 26.6. The second kappa shape index (κ2) is 11.4. The third-order valence-electron chi connectivity index (χ3n) is 6.11. The van der Waals surface area contributed by atoms with E-state index in [1.807, 2.05) is 0 Å². The highest BCUT2D eigenvalue weighted by Crippen LogP contribution is 2.50. The number of ether oxygens (including phenoxy) is 5. The summed E-state index contributed by atoms with van der Waals surface area (Å²) in [5.74, 6) is -6.21. The van der Waals surface area contributed by atoms with E-state index < -0.39 is 47.4 Å². The maximum absolute atomic E-state index is 13.2. The summed E-state index contributed by atoms with van der Waals surface area (Å²) < 4.78 is 25.8. The number of carbonyl (C=O) groups excluding carboxylic acids is 4. The third kappa shape index (κ3) is 5.31. The van der Waals surface area contributed by atoms with Gasteiger partial charge in [0.2, 0.25) is 5.78 Å². The van der Waals surface area contributed by atoms with Gasteiger partial charge in [0.25, 0.3) is 5.79 Å². The Kier molecular flexibility index (Phi) is 9.24. The van der Waals surface area contributed by atoms with Crippen molar-refractivity contribution < 1.29 is 42.9 Å². The smallest absolute Gasteiger partial charge is 0.339 e. The van der Waals surface area contributed by atoms with Gasteiger partial charge in [-0.1, -0.05) is 45.4 Å². The molecule has 2 heterocycles. The summed E-state index contributed by atoms with van der Waals surface area (Å²) in [5, 5.41) is 0. The molecule has 0 saturated carbocycles. The zero-order chi connectivity index (χ0) is 23.8. The molecule has 9 heteroatoms. The number of esters is 3. The van der Waals surface area contributed by atoms with Crippen LogP contribution in [0.2, 0.25) is 0 Å². The number of carbonyl (C=O) groups is 4. The topological polar surface area (TPSA) is 114 Å². The molecular formula is C23H34O9. The Morgan fingerprint density at radius 3 is 2.25 bits per heavy atom. The molecule has 0 unspecified atom stereocenters. The second-order valence-corrected chi connectivity index (χ2v) is 8.23. The lowest BCUT2D eigenvalue weighted by molar-refractivity contribution is -0.225. The minimum atomic E-state index is -2.09. The highest BCUT2D eigenvalue weighted by atomic mass is 16.7. The maximum Gasteiger partial charge on any atom is 0.339 e. The van der Waals surface area contributed by atoms with E-state index >= 15 is 0 Å². The fourth-order valence-corrected chi connectivity index (χ4v) is 4.31. The van der Waals surface area contributed by atoms with Crippen LogP contribution in [0.3, 0.4) is 0 Å². The van der Waals surface area contributed by atoms with Crippen LogP contribution >= 0.6 is 0 Å².